The maximum atomic E-state index is 16.7. The number of nitrogens with zero attached hydrogens (tertiary/aromatic N) is 1. The van der Waals surface area contributed by atoms with Crippen molar-refractivity contribution in [2.24, 2.45) is 5.41 Å². The van der Waals surface area contributed by atoms with Crippen LogP contribution in [0.25, 0.3) is 0 Å². The number of fused-ring (bicyclic) bond motifs is 1. The lowest BCUT2D eigenvalue weighted by Gasteiger charge is -2.39. The maximum Gasteiger partial charge on any atom is 0.416 e. The number of benzene rings is 1. The molecule has 3 aliphatic carbocycles. The molecule has 0 radical (unpaired) electrons. The molecule has 2 fully saturated rings. The van der Waals surface area contributed by atoms with Crippen LogP contribution in [-0.4, -0.2) is 10.1 Å². The summed E-state index contributed by atoms with van der Waals surface area (Å²) in [5, 5.41) is 11.4. The summed E-state index contributed by atoms with van der Waals surface area (Å²) in [5.74, 6) is 0.303. The molecule has 1 heterocycles. The summed E-state index contributed by atoms with van der Waals surface area (Å²) >= 11 is 0. The van der Waals surface area contributed by atoms with E-state index in [1.807, 2.05) is 0 Å². The third-order valence-electron chi connectivity index (χ3n) is 8.69. The van der Waals surface area contributed by atoms with Gasteiger partial charge in [0.25, 0.3) is 0 Å². The Bertz CT molecular complexity index is 1080. The smallest absolute Gasteiger partial charge is 0.388 e. The van der Waals surface area contributed by atoms with Crippen molar-refractivity contribution in [1.29, 1.82) is 0 Å². The number of hydrogen-bond donors (Lipinski definition) is 1. The van der Waals surface area contributed by atoms with Crippen molar-refractivity contribution in [3.8, 4) is 0 Å². The summed E-state index contributed by atoms with van der Waals surface area (Å²) in [6.07, 6.45) is 3.85. The Morgan fingerprint density at radius 1 is 0.889 bits per heavy atom. The zero-order chi connectivity index (χ0) is 25.7. The number of aliphatic hydroxyl groups excluding tert-OH is 1. The second-order valence-electron chi connectivity index (χ2n) is 12.0. The van der Waals surface area contributed by atoms with Gasteiger partial charge in [-0.05, 0) is 73.1 Å². The van der Waals surface area contributed by atoms with Gasteiger partial charge >= 0.3 is 6.18 Å². The number of aliphatic hydroxyl groups is 1. The van der Waals surface area contributed by atoms with Gasteiger partial charge in [-0.3, -0.25) is 4.98 Å². The molecule has 1 aromatic heterocycles. The highest BCUT2D eigenvalue weighted by atomic mass is 19.4. The minimum atomic E-state index is -4.46. The first-order valence-corrected chi connectivity index (χ1v) is 13.6. The van der Waals surface area contributed by atoms with E-state index in [4.69, 9.17) is 4.98 Å². The maximum absolute atomic E-state index is 16.7. The topological polar surface area (TPSA) is 33.1 Å². The summed E-state index contributed by atoms with van der Waals surface area (Å²) in [6.45, 7) is 4.29. The van der Waals surface area contributed by atoms with E-state index >= 15 is 4.39 Å². The average Bonchev–Trinajstić information content (AvgIpc) is 3.37. The van der Waals surface area contributed by atoms with Crippen LogP contribution >= 0.6 is 0 Å². The molecule has 2 aromatic rings. The van der Waals surface area contributed by atoms with E-state index in [-0.39, 0.29) is 22.8 Å². The first-order valence-electron chi connectivity index (χ1n) is 13.6. The normalized spacial score (nSPS) is 24.0. The fraction of sp³-hybridized carbons (Fsp3) is 0.633. The zero-order valence-corrected chi connectivity index (χ0v) is 21.3. The van der Waals surface area contributed by atoms with Crippen molar-refractivity contribution < 1.29 is 22.7 Å². The molecule has 3 aliphatic rings. The monoisotopic (exact) mass is 503 g/mol. The molecular weight excluding hydrogens is 466 g/mol. The summed E-state index contributed by atoms with van der Waals surface area (Å²) in [6, 6.07) is 4.49. The van der Waals surface area contributed by atoms with Crippen LogP contribution in [0.4, 0.5) is 17.6 Å². The quantitative estimate of drug-likeness (QED) is 0.423. The molecule has 196 valence electrons. The molecular formula is C30H37F4NO. The van der Waals surface area contributed by atoms with E-state index in [1.165, 1.54) is 12.1 Å². The summed E-state index contributed by atoms with van der Waals surface area (Å²) in [5.41, 5.74) is 3.35. The second-order valence-corrected chi connectivity index (χ2v) is 12.0. The van der Waals surface area contributed by atoms with Crippen LogP contribution in [0.2, 0.25) is 0 Å². The van der Waals surface area contributed by atoms with Crippen molar-refractivity contribution in [2.75, 3.05) is 0 Å². The van der Waals surface area contributed by atoms with Crippen molar-refractivity contribution in [3.63, 3.8) is 0 Å². The molecule has 0 spiro atoms. The van der Waals surface area contributed by atoms with Crippen molar-refractivity contribution >= 4 is 0 Å². The largest absolute Gasteiger partial charge is 0.416 e. The molecule has 1 aromatic carbocycles. The van der Waals surface area contributed by atoms with Gasteiger partial charge in [0.1, 0.15) is 0 Å². The molecule has 1 N–H and O–H groups in total. The van der Waals surface area contributed by atoms with Gasteiger partial charge in [0, 0.05) is 22.7 Å². The fourth-order valence-electron chi connectivity index (χ4n) is 6.98. The minimum absolute atomic E-state index is 0.0970. The molecule has 0 aliphatic heterocycles. The van der Waals surface area contributed by atoms with Crippen LogP contribution in [0.1, 0.15) is 141 Å². The van der Waals surface area contributed by atoms with Gasteiger partial charge in [-0.1, -0.05) is 58.1 Å². The average molecular weight is 504 g/mol. The Morgan fingerprint density at radius 3 is 2.08 bits per heavy atom. The molecule has 36 heavy (non-hydrogen) atoms. The number of alkyl halides is 4. The van der Waals surface area contributed by atoms with Gasteiger partial charge < -0.3 is 5.11 Å². The standard InChI is InChI=1S/C30H37F4NO/c1-29(2)16-22-25(23(36)17-29)24(18-8-4-3-5-9-18)26(28(35-22)20-10-6-7-11-20)27(31)19-12-14-21(15-13-19)30(32,33)34/h12-15,18,20,23,27,36H,3-11,16-17H2,1-2H3/t23-,27?/m0/s1. The van der Waals surface area contributed by atoms with Crippen LogP contribution in [0, 0.1) is 5.41 Å². The third kappa shape index (κ3) is 4.94. The molecule has 0 amide bonds. The van der Waals surface area contributed by atoms with Crippen molar-refractivity contribution in [2.45, 2.75) is 115 Å². The van der Waals surface area contributed by atoms with Crippen LogP contribution in [0.5, 0.6) is 0 Å². The zero-order valence-electron chi connectivity index (χ0n) is 21.3. The van der Waals surface area contributed by atoms with E-state index in [0.29, 0.717) is 12.0 Å². The Hall–Kier alpha value is -1.95. The van der Waals surface area contributed by atoms with Gasteiger partial charge in [-0.25, -0.2) is 4.39 Å². The van der Waals surface area contributed by atoms with Gasteiger partial charge in [0.05, 0.1) is 17.4 Å². The molecule has 5 rings (SSSR count). The van der Waals surface area contributed by atoms with Gasteiger partial charge in [-0.15, -0.1) is 0 Å². The van der Waals surface area contributed by atoms with Crippen molar-refractivity contribution in [1.82, 2.24) is 4.98 Å². The Kier molecular flexibility index (Phi) is 6.95. The first kappa shape index (κ1) is 25.7. The van der Waals surface area contributed by atoms with Gasteiger partial charge in [-0.2, -0.15) is 13.2 Å². The fourth-order valence-corrected chi connectivity index (χ4v) is 6.98. The molecule has 6 heteroatoms. The number of halogens is 4. The highest BCUT2D eigenvalue weighted by molar-refractivity contribution is 5.51. The van der Waals surface area contributed by atoms with Crippen molar-refractivity contribution in [3.05, 3.63) is 63.5 Å². The van der Waals surface area contributed by atoms with Crippen LogP contribution < -0.4 is 0 Å². The van der Waals surface area contributed by atoms with E-state index in [1.54, 1.807) is 0 Å². The van der Waals surface area contributed by atoms with E-state index < -0.39 is 24.0 Å². The number of rotatable bonds is 4. The molecule has 2 nitrogen and oxygen atoms in total. The van der Waals surface area contributed by atoms with Gasteiger partial charge in [0.15, 0.2) is 6.17 Å². The van der Waals surface area contributed by atoms with Crippen LogP contribution in [-0.2, 0) is 12.6 Å². The van der Waals surface area contributed by atoms with E-state index in [2.05, 4.69) is 13.8 Å². The highest BCUT2D eigenvalue weighted by Gasteiger charge is 2.41. The van der Waals surface area contributed by atoms with Gasteiger partial charge in [0.2, 0.25) is 0 Å². The third-order valence-corrected chi connectivity index (χ3v) is 8.69. The Labute approximate surface area is 211 Å². The summed E-state index contributed by atoms with van der Waals surface area (Å²) in [7, 11) is 0. The highest BCUT2D eigenvalue weighted by Crippen LogP contribution is 2.51. The number of hydrogen-bond acceptors (Lipinski definition) is 2. The summed E-state index contributed by atoms with van der Waals surface area (Å²) < 4.78 is 56.2. The molecule has 2 saturated carbocycles. The number of aromatic nitrogens is 1. The van der Waals surface area contributed by atoms with Crippen LogP contribution in [0.3, 0.4) is 0 Å². The predicted molar refractivity (Wildman–Crippen MR) is 133 cm³/mol. The second kappa shape index (κ2) is 9.74. The van der Waals surface area contributed by atoms with E-state index in [9.17, 15) is 18.3 Å². The Balaban J connectivity index is 1.71. The lowest BCUT2D eigenvalue weighted by molar-refractivity contribution is -0.137. The van der Waals surface area contributed by atoms with E-state index in [0.717, 1.165) is 98.9 Å². The molecule has 0 saturated heterocycles. The summed E-state index contributed by atoms with van der Waals surface area (Å²) in [4.78, 5) is 5.12. The van der Waals surface area contributed by atoms with Crippen LogP contribution in [0.15, 0.2) is 24.3 Å². The lowest BCUT2D eigenvalue weighted by atomic mass is 9.69. The Morgan fingerprint density at radius 2 is 1.47 bits per heavy atom. The SMILES string of the molecule is CC1(C)Cc2nc(C3CCCC3)c(C(F)c3ccc(C(F)(F)F)cc3)c(C3CCCCC3)c2[C@@H](O)C1. The molecule has 2 atom stereocenters. The predicted octanol–water partition coefficient (Wildman–Crippen LogP) is 8.87. The molecule has 0 bridgehead atoms. The first-order chi connectivity index (χ1) is 17.0. The molecule has 1 unspecified atom stereocenters. The number of pyridine rings is 1. The lowest BCUT2D eigenvalue weighted by Crippen LogP contribution is -2.30. The minimum Gasteiger partial charge on any atom is -0.388 e.